The Bertz CT molecular complexity index is 1990. The Morgan fingerprint density at radius 3 is 2.26 bits per heavy atom. The van der Waals surface area contributed by atoms with Gasteiger partial charge in [-0.05, 0) is 66.8 Å². The summed E-state index contributed by atoms with van der Waals surface area (Å²) in [5.74, 6) is -5.96. The number of benzene rings is 2. The Morgan fingerprint density at radius 1 is 0.887 bits per heavy atom. The maximum absolute atomic E-state index is 13.4. The Labute approximate surface area is 302 Å². The van der Waals surface area contributed by atoms with Gasteiger partial charge in [-0.15, -0.1) is 0 Å². The number of likely N-dealkylation sites (tertiary alicyclic amines) is 1. The van der Waals surface area contributed by atoms with Crippen molar-refractivity contribution in [1.29, 1.82) is 0 Å². The summed E-state index contributed by atoms with van der Waals surface area (Å²) in [5, 5.41) is 9.94. The predicted molar refractivity (Wildman–Crippen MR) is 181 cm³/mol. The number of nitrogens with one attached hydrogen (secondary N) is 3. The highest BCUT2D eigenvalue weighted by Crippen LogP contribution is 2.30. The lowest BCUT2D eigenvalue weighted by atomic mass is 10.0. The molecule has 1 saturated heterocycles. The number of amides is 3. The van der Waals surface area contributed by atoms with Gasteiger partial charge in [0.2, 0.25) is 5.95 Å². The normalized spacial score (nSPS) is 15.2. The average Bonchev–Trinajstić information content (AvgIpc) is 3.62. The molecule has 6 bridgehead atoms. The van der Waals surface area contributed by atoms with Crippen molar-refractivity contribution in [1.82, 2.24) is 24.8 Å². The number of carbonyl (C=O) groups excluding carboxylic acids is 4. The summed E-state index contributed by atoms with van der Waals surface area (Å²) in [7, 11) is 1.78. The maximum Gasteiger partial charge on any atom is 0.458 e. The van der Waals surface area contributed by atoms with Crippen LogP contribution in [0, 0.1) is 0 Å². The number of pyridine rings is 1. The fraction of sp³-hybridized carbons (Fsp3) is 0.265. The van der Waals surface area contributed by atoms with Gasteiger partial charge < -0.3 is 25.8 Å². The lowest BCUT2D eigenvalue weighted by Gasteiger charge is -2.26. The van der Waals surface area contributed by atoms with E-state index in [1.807, 2.05) is 65.7 Å². The van der Waals surface area contributed by atoms with E-state index in [4.69, 9.17) is 11.6 Å². The number of ketones is 2. The summed E-state index contributed by atoms with van der Waals surface area (Å²) in [6.45, 7) is 1.10. The standard InChI is InChI=1S/C30H29ClN8O2.C4F6O2/c1-38(24-11-12-39(18-24)28(40)20-5-3-2-4-6-20)30(41)36-26-10-9-22-14-21(26)8-7-19-13-23(16-32-15-19)35-29-33-17-25(31)27(34-22)37-29;5-3(6,7)1(11)2(12)4(8,9)10/h2-6,9-10,13-17,24H,7-8,11-12,18H2,1H3,(H,36,41)(H2,33,34,35,37);/t24-;/m0./s1. The van der Waals surface area contributed by atoms with Crippen molar-refractivity contribution in [2.24, 2.45) is 0 Å². The second kappa shape index (κ2) is 15.9. The van der Waals surface area contributed by atoms with Crippen LogP contribution >= 0.6 is 11.6 Å². The molecular weight excluding hydrogens is 734 g/mol. The molecule has 2 aromatic carbocycles. The molecule has 0 unspecified atom stereocenters. The first-order valence-corrected chi connectivity index (χ1v) is 16.1. The van der Waals surface area contributed by atoms with Crippen molar-refractivity contribution in [3.63, 3.8) is 0 Å². The molecule has 1 atom stereocenters. The quantitative estimate of drug-likeness (QED) is 0.152. The van der Waals surface area contributed by atoms with Crippen molar-refractivity contribution < 1.29 is 45.5 Å². The Morgan fingerprint density at radius 2 is 1.58 bits per heavy atom. The third-order valence-corrected chi connectivity index (χ3v) is 8.42. The minimum Gasteiger partial charge on any atom is -0.339 e. The van der Waals surface area contributed by atoms with E-state index in [0.717, 1.165) is 28.9 Å². The molecule has 278 valence electrons. The van der Waals surface area contributed by atoms with Crippen molar-refractivity contribution >= 4 is 63.9 Å². The zero-order chi connectivity index (χ0) is 38.5. The Balaban J connectivity index is 0.000000390. The van der Waals surface area contributed by atoms with E-state index in [1.54, 1.807) is 24.3 Å². The zero-order valence-corrected chi connectivity index (χ0v) is 28.3. The lowest BCUT2D eigenvalue weighted by Crippen LogP contribution is -2.42. The Hall–Kier alpha value is -5.78. The molecule has 0 aliphatic carbocycles. The first kappa shape index (κ1) is 38.5. The van der Waals surface area contributed by atoms with Crippen LogP contribution in [-0.4, -0.2) is 86.8 Å². The van der Waals surface area contributed by atoms with Crippen LogP contribution in [0.5, 0.6) is 0 Å². The summed E-state index contributed by atoms with van der Waals surface area (Å²) >= 11 is 6.38. The van der Waals surface area contributed by atoms with Crippen molar-refractivity contribution in [2.75, 3.05) is 36.1 Å². The van der Waals surface area contributed by atoms with Crippen LogP contribution in [0.15, 0.2) is 73.2 Å². The van der Waals surface area contributed by atoms with Gasteiger partial charge in [0, 0.05) is 43.3 Å². The molecule has 1 fully saturated rings. The SMILES string of the molecule is CN(C(=O)Nc1ccc2cc1CCc1cncc(c1)Nc1ncc(Cl)c(n1)N2)[C@H]1CCN(C(=O)c2ccccc2)C1.O=C(C(=O)C(F)(F)F)C(F)(F)F. The highest BCUT2D eigenvalue weighted by atomic mass is 35.5. The molecule has 0 radical (unpaired) electrons. The number of fused-ring (bicyclic) bond motifs is 6. The molecular formula is C34H29ClF6N8O4. The monoisotopic (exact) mass is 762 g/mol. The number of alkyl halides is 6. The first-order chi connectivity index (χ1) is 25.0. The number of likely N-dealkylation sites (N-methyl/N-ethyl adjacent to an activating group) is 1. The summed E-state index contributed by atoms with van der Waals surface area (Å²) in [4.78, 5) is 62.2. The molecule has 0 saturated carbocycles. The van der Waals surface area contributed by atoms with Crippen molar-refractivity contribution in [2.45, 2.75) is 37.7 Å². The van der Waals surface area contributed by atoms with E-state index in [9.17, 15) is 45.5 Å². The smallest absolute Gasteiger partial charge is 0.339 e. The van der Waals surface area contributed by atoms with Crippen LogP contribution in [0.2, 0.25) is 5.02 Å². The van der Waals surface area contributed by atoms with E-state index in [-0.39, 0.29) is 18.0 Å². The fourth-order valence-corrected chi connectivity index (χ4v) is 5.52. The van der Waals surface area contributed by atoms with Crippen LogP contribution in [0.4, 0.5) is 60.0 Å². The highest BCUT2D eigenvalue weighted by molar-refractivity contribution is 6.41. The molecule has 6 rings (SSSR count). The molecule has 19 heteroatoms. The van der Waals surface area contributed by atoms with Gasteiger partial charge in [0.05, 0.1) is 24.1 Å². The number of urea groups is 1. The number of hydrogen-bond donors (Lipinski definition) is 3. The van der Waals surface area contributed by atoms with Gasteiger partial charge in [0.25, 0.3) is 5.91 Å². The molecule has 4 aromatic rings. The number of nitrogens with zero attached hydrogens (tertiary/aromatic N) is 5. The molecule has 53 heavy (non-hydrogen) atoms. The molecule has 0 spiro atoms. The number of anilines is 5. The minimum atomic E-state index is -5.77. The van der Waals surface area contributed by atoms with E-state index in [1.165, 1.54) is 0 Å². The molecule has 2 aliphatic rings. The van der Waals surface area contributed by atoms with E-state index < -0.39 is 23.9 Å². The predicted octanol–water partition coefficient (Wildman–Crippen LogP) is 6.74. The van der Waals surface area contributed by atoms with Gasteiger partial charge in [-0.1, -0.05) is 29.8 Å². The van der Waals surface area contributed by atoms with Gasteiger partial charge in [-0.2, -0.15) is 31.3 Å². The van der Waals surface area contributed by atoms with Crippen LogP contribution < -0.4 is 16.0 Å². The fourth-order valence-electron chi connectivity index (χ4n) is 5.39. The number of Topliss-reactive ketones (excluding diaryl/α,β-unsaturated/α-hetero) is 2. The third-order valence-electron chi connectivity index (χ3n) is 8.15. The van der Waals surface area contributed by atoms with Crippen molar-refractivity contribution in [3.05, 3.63) is 94.9 Å². The van der Waals surface area contributed by atoms with Gasteiger partial charge in [0.15, 0.2) is 5.82 Å². The number of halogens is 7. The number of carbonyl (C=O) groups is 4. The van der Waals surface area contributed by atoms with Gasteiger partial charge >= 0.3 is 30.0 Å². The van der Waals surface area contributed by atoms with Crippen LogP contribution in [0.1, 0.15) is 27.9 Å². The maximum atomic E-state index is 13.4. The minimum absolute atomic E-state index is 0.0130. The highest BCUT2D eigenvalue weighted by Gasteiger charge is 2.54. The number of aryl methyl sites for hydroxylation is 2. The number of rotatable bonds is 4. The molecule has 3 N–H and O–H groups in total. The van der Waals surface area contributed by atoms with E-state index >= 15 is 0 Å². The molecule has 2 aromatic heterocycles. The van der Waals surface area contributed by atoms with Crippen LogP contribution in [0.25, 0.3) is 0 Å². The third kappa shape index (κ3) is 9.76. The van der Waals surface area contributed by atoms with Gasteiger partial charge in [-0.25, -0.2) is 9.78 Å². The summed E-state index contributed by atoms with van der Waals surface area (Å²) in [6, 6.07) is 16.7. The van der Waals surface area contributed by atoms with Gasteiger partial charge in [-0.3, -0.25) is 19.4 Å². The second-order valence-electron chi connectivity index (χ2n) is 11.8. The lowest BCUT2D eigenvalue weighted by molar-refractivity contribution is -0.193. The van der Waals surface area contributed by atoms with E-state index in [0.29, 0.717) is 54.0 Å². The first-order valence-electron chi connectivity index (χ1n) is 15.7. The molecule has 3 amide bonds. The summed E-state index contributed by atoms with van der Waals surface area (Å²) < 4.78 is 67.0. The van der Waals surface area contributed by atoms with E-state index in [2.05, 4.69) is 30.9 Å². The summed E-state index contributed by atoms with van der Waals surface area (Å²) in [6.07, 6.45) is -4.36. The van der Waals surface area contributed by atoms with Gasteiger partial charge in [0.1, 0.15) is 5.02 Å². The number of aromatic nitrogens is 3. The van der Waals surface area contributed by atoms with Crippen LogP contribution in [-0.2, 0) is 22.4 Å². The average molecular weight is 763 g/mol. The number of hydrogen-bond acceptors (Lipinski definition) is 9. The molecule has 12 nitrogen and oxygen atoms in total. The molecule has 4 heterocycles. The molecule has 2 aliphatic heterocycles. The second-order valence-corrected chi connectivity index (χ2v) is 12.3. The zero-order valence-electron chi connectivity index (χ0n) is 27.6. The topological polar surface area (TPSA) is 150 Å². The Kier molecular flexibility index (Phi) is 11.5. The van der Waals surface area contributed by atoms with Crippen LogP contribution in [0.3, 0.4) is 0 Å². The van der Waals surface area contributed by atoms with Crippen molar-refractivity contribution in [3.8, 4) is 0 Å². The summed E-state index contributed by atoms with van der Waals surface area (Å²) in [5.41, 5.74) is 4.91. The largest absolute Gasteiger partial charge is 0.458 e.